The molecule has 0 spiro atoms. The topological polar surface area (TPSA) is 78.8 Å². The summed E-state index contributed by atoms with van der Waals surface area (Å²) in [6.07, 6.45) is 4.30. The predicted molar refractivity (Wildman–Crippen MR) is 110 cm³/mol. The van der Waals surface area contributed by atoms with E-state index >= 15 is 0 Å². The van der Waals surface area contributed by atoms with Crippen LogP contribution in [0.2, 0.25) is 0 Å². The van der Waals surface area contributed by atoms with Crippen LogP contribution < -0.4 is 15.4 Å². The van der Waals surface area contributed by atoms with Gasteiger partial charge in [0.2, 0.25) is 0 Å². The largest absolute Gasteiger partial charge is 0.497 e. The van der Waals surface area contributed by atoms with Crippen LogP contribution in [0.4, 0.5) is 0 Å². The Labute approximate surface area is 165 Å². The van der Waals surface area contributed by atoms with Crippen LogP contribution >= 0.6 is 0 Å². The van der Waals surface area contributed by atoms with Crippen molar-refractivity contribution in [1.29, 1.82) is 0 Å². The standard InChI is InChI=1S/C21H27N5O2/c1-22-21(25-12-11-24-20(27)17-4-3-10-23-14-17)26-13-9-18(15-26)16-5-7-19(28-2)8-6-16/h3-8,10,14,18H,9,11-13,15H2,1-2H3,(H,22,25)(H,24,27). The summed E-state index contributed by atoms with van der Waals surface area (Å²) in [5, 5.41) is 6.22. The number of carbonyl (C=O) groups excluding carboxylic acids is 1. The van der Waals surface area contributed by atoms with Gasteiger partial charge in [0.1, 0.15) is 5.75 Å². The molecule has 1 aromatic heterocycles. The van der Waals surface area contributed by atoms with Gasteiger partial charge in [-0.3, -0.25) is 14.8 Å². The quantitative estimate of drug-likeness (QED) is 0.454. The molecule has 2 aromatic rings. The van der Waals surface area contributed by atoms with E-state index < -0.39 is 0 Å². The highest BCUT2D eigenvalue weighted by Gasteiger charge is 2.25. The fourth-order valence-electron chi connectivity index (χ4n) is 3.38. The van der Waals surface area contributed by atoms with Gasteiger partial charge in [0.15, 0.2) is 5.96 Å². The molecule has 3 rings (SSSR count). The first-order valence-corrected chi connectivity index (χ1v) is 9.49. The number of aromatic nitrogens is 1. The molecule has 28 heavy (non-hydrogen) atoms. The average molecular weight is 381 g/mol. The number of nitrogens with one attached hydrogen (secondary N) is 2. The first kappa shape index (κ1) is 19.7. The van der Waals surface area contributed by atoms with Crippen molar-refractivity contribution in [2.45, 2.75) is 12.3 Å². The maximum atomic E-state index is 12.0. The summed E-state index contributed by atoms with van der Waals surface area (Å²) in [5.41, 5.74) is 1.89. The summed E-state index contributed by atoms with van der Waals surface area (Å²) < 4.78 is 5.24. The van der Waals surface area contributed by atoms with Crippen LogP contribution in [0.15, 0.2) is 53.8 Å². The third-order valence-corrected chi connectivity index (χ3v) is 4.90. The van der Waals surface area contributed by atoms with Crippen molar-refractivity contribution in [1.82, 2.24) is 20.5 Å². The minimum Gasteiger partial charge on any atom is -0.497 e. The Morgan fingerprint density at radius 2 is 2.04 bits per heavy atom. The lowest BCUT2D eigenvalue weighted by Gasteiger charge is -2.22. The molecule has 1 unspecified atom stereocenters. The Bertz CT molecular complexity index is 792. The summed E-state index contributed by atoms with van der Waals surface area (Å²) in [6, 6.07) is 11.8. The molecule has 1 aromatic carbocycles. The first-order chi connectivity index (χ1) is 13.7. The molecule has 1 aliphatic rings. The molecule has 0 saturated carbocycles. The number of rotatable bonds is 6. The second-order valence-electron chi connectivity index (χ2n) is 6.68. The van der Waals surface area contributed by atoms with E-state index in [9.17, 15) is 4.79 Å². The fraction of sp³-hybridized carbons (Fsp3) is 0.381. The number of amides is 1. The molecular formula is C21H27N5O2. The van der Waals surface area contributed by atoms with Crippen LogP contribution in [0.25, 0.3) is 0 Å². The van der Waals surface area contributed by atoms with E-state index in [1.165, 1.54) is 5.56 Å². The van der Waals surface area contributed by atoms with E-state index in [1.807, 2.05) is 12.1 Å². The summed E-state index contributed by atoms with van der Waals surface area (Å²) in [7, 11) is 3.47. The molecule has 1 atom stereocenters. The summed E-state index contributed by atoms with van der Waals surface area (Å²) in [5.74, 6) is 2.11. The van der Waals surface area contributed by atoms with Crippen LogP contribution in [0.3, 0.4) is 0 Å². The predicted octanol–water partition coefficient (Wildman–Crippen LogP) is 1.88. The molecule has 0 aliphatic carbocycles. The number of methoxy groups -OCH3 is 1. The minimum atomic E-state index is -0.120. The highest BCUT2D eigenvalue weighted by Crippen LogP contribution is 2.28. The smallest absolute Gasteiger partial charge is 0.252 e. The van der Waals surface area contributed by atoms with E-state index in [1.54, 1.807) is 38.7 Å². The van der Waals surface area contributed by atoms with Crippen molar-refractivity contribution < 1.29 is 9.53 Å². The van der Waals surface area contributed by atoms with Gasteiger partial charge in [-0.15, -0.1) is 0 Å². The Hall–Kier alpha value is -3.09. The Morgan fingerprint density at radius 1 is 1.25 bits per heavy atom. The normalized spacial score (nSPS) is 16.7. The minimum absolute atomic E-state index is 0.120. The van der Waals surface area contributed by atoms with Crippen molar-refractivity contribution in [2.75, 3.05) is 40.3 Å². The van der Waals surface area contributed by atoms with Crippen molar-refractivity contribution in [3.05, 3.63) is 59.9 Å². The van der Waals surface area contributed by atoms with Crippen LogP contribution in [-0.2, 0) is 0 Å². The molecule has 1 aliphatic heterocycles. The second-order valence-corrected chi connectivity index (χ2v) is 6.68. The zero-order valence-electron chi connectivity index (χ0n) is 16.4. The van der Waals surface area contributed by atoms with Gasteiger partial charge in [0.05, 0.1) is 12.7 Å². The molecule has 0 radical (unpaired) electrons. The van der Waals surface area contributed by atoms with E-state index in [0.29, 0.717) is 24.6 Å². The zero-order valence-corrected chi connectivity index (χ0v) is 16.4. The third kappa shape index (κ3) is 5.00. The molecule has 2 heterocycles. The van der Waals surface area contributed by atoms with Gasteiger partial charge in [-0.05, 0) is 36.2 Å². The number of pyridine rings is 1. The summed E-state index contributed by atoms with van der Waals surface area (Å²) in [4.78, 5) is 22.6. The van der Waals surface area contributed by atoms with Crippen molar-refractivity contribution in [2.24, 2.45) is 4.99 Å². The number of hydrogen-bond acceptors (Lipinski definition) is 4. The Kier molecular flexibility index (Phi) is 6.84. The number of nitrogens with zero attached hydrogens (tertiary/aromatic N) is 3. The Balaban J connectivity index is 1.44. The summed E-state index contributed by atoms with van der Waals surface area (Å²) in [6.45, 7) is 3.01. The van der Waals surface area contributed by atoms with Gasteiger partial charge >= 0.3 is 0 Å². The van der Waals surface area contributed by atoms with E-state index in [0.717, 1.165) is 31.2 Å². The highest BCUT2D eigenvalue weighted by atomic mass is 16.5. The third-order valence-electron chi connectivity index (χ3n) is 4.90. The number of benzene rings is 1. The van der Waals surface area contributed by atoms with Crippen LogP contribution in [-0.4, -0.2) is 62.1 Å². The van der Waals surface area contributed by atoms with Crippen molar-refractivity contribution in [3.8, 4) is 5.75 Å². The number of aliphatic imine (C=N–C) groups is 1. The number of guanidine groups is 1. The SMILES string of the molecule is CN=C(NCCNC(=O)c1cccnc1)N1CCC(c2ccc(OC)cc2)C1. The molecule has 2 N–H and O–H groups in total. The lowest BCUT2D eigenvalue weighted by Crippen LogP contribution is -2.43. The molecule has 148 valence electrons. The van der Waals surface area contributed by atoms with Gasteiger partial charge in [-0.1, -0.05) is 12.1 Å². The number of hydrogen-bond donors (Lipinski definition) is 2. The molecular weight excluding hydrogens is 354 g/mol. The second kappa shape index (κ2) is 9.73. The average Bonchev–Trinajstić information content (AvgIpc) is 3.24. The molecule has 7 heteroatoms. The maximum absolute atomic E-state index is 12.0. The van der Waals surface area contributed by atoms with Gasteiger partial charge < -0.3 is 20.3 Å². The zero-order chi connectivity index (χ0) is 19.8. The summed E-state index contributed by atoms with van der Waals surface area (Å²) >= 11 is 0. The number of carbonyl (C=O) groups is 1. The molecule has 1 amide bonds. The van der Waals surface area contributed by atoms with Crippen LogP contribution in [0, 0.1) is 0 Å². The molecule has 7 nitrogen and oxygen atoms in total. The monoisotopic (exact) mass is 381 g/mol. The van der Waals surface area contributed by atoms with E-state index in [4.69, 9.17) is 4.74 Å². The van der Waals surface area contributed by atoms with Gasteiger partial charge in [0.25, 0.3) is 5.91 Å². The molecule has 0 bridgehead atoms. The van der Waals surface area contributed by atoms with Gasteiger partial charge in [0, 0.05) is 51.5 Å². The lowest BCUT2D eigenvalue weighted by atomic mass is 9.98. The van der Waals surface area contributed by atoms with Crippen molar-refractivity contribution in [3.63, 3.8) is 0 Å². The number of likely N-dealkylation sites (tertiary alicyclic amines) is 1. The highest BCUT2D eigenvalue weighted by molar-refractivity contribution is 5.93. The number of ether oxygens (including phenoxy) is 1. The van der Waals surface area contributed by atoms with E-state index in [2.05, 4.69) is 37.6 Å². The molecule has 1 fully saturated rings. The van der Waals surface area contributed by atoms with Crippen molar-refractivity contribution >= 4 is 11.9 Å². The van der Waals surface area contributed by atoms with Gasteiger partial charge in [-0.25, -0.2) is 0 Å². The van der Waals surface area contributed by atoms with Gasteiger partial charge in [-0.2, -0.15) is 0 Å². The maximum Gasteiger partial charge on any atom is 0.252 e. The van der Waals surface area contributed by atoms with Crippen LogP contribution in [0.1, 0.15) is 28.3 Å². The molecule has 1 saturated heterocycles. The lowest BCUT2D eigenvalue weighted by molar-refractivity contribution is 0.0954. The fourth-order valence-corrected chi connectivity index (χ4v) is 3.38. The van der Waals surface area contributed by atoms with E-state index in [-0.39, 0.29) is 5.91 Å². The first-order valence-electron chi connectivity index (χ1n) is 9.49. The Morgan fingerprint density at radius 3 is 2.71 bits per heavy atom. The van der Waals surface area contributed by atoms with Crippen LogP contribution in [0.5, 0.6) is 5.75 Å².